The van der Waals surface area contributed by atoms with Gasteiger partial charge in [0.2, 0.25) is 0 Å². The zero-order valence-corrected chi connectivity index (χ0v) is 11.7. The van der Waals surface area contributed by atoms with Crippen LogP contribution in [0.1, 0.15) is 25.8 Å². The number of nitrogens with zero attached hydrogens (tertiary/aromatic N) is 1. The SMILES string of the molecule is CC(C)C(=O)O/N=C1/CCS(=O)(=O)c2sccc21. The number of thiophene rings is 1. The van der Waals surface area contributed by atoms with Gasteiger partial charge < -0.3 is 4.84 Å². The second kappa shape index (κ2) is 4.81. The van der Waals surface area contributed by atoms with E-state index in [-0.39, 0.29) is 18.1 Å². The van der Waals surface area contributed by atoms with E-state index in [2.05, 4.69) is 5.16 Å². The highest BCUT2D eigenvalue weighted by Crippen LogP contribution is 2.30. The summed E-state index contributed by atoms with van der Waals surface area (Å²) in [6.07, 6.45) is 0.275. The fourth-order valence-corrected chi connectivity index (χ4v) is 4.32. The quantitative estimate of drug-likeness (QED) is 0.614. The van der Waals surface area contributed by atoms with E-state index >= 15 is 0 Å². The van der Waals surface area contributed by atoms with Crippen LogP contribution in [0.5, 0.6) is 0 Å². The lowest BCUT2D eigenvalue weighted by Crippen LogP contribution is -2.21. The number of carbonyl (C=O) groups is 1. The van der Waals surface area contributed by atoms with E-state index < -0.39 is 15.8 Å². The summed E-state index contributed by atoms with van der Waals surface area (Å²) in [5.74, 6) is -0.671. The Morgan fingerprint density at radius 3 is 2.89 bits per heavy atom. The van der Waals surface area contributed by atoms with Gasteiger partial charge in [0.25, 0.3) is 0 Å². The number of sulfone groups is 1. The number of hydrogen-bond acceptors (Lipinski definition) is 6. The Bertz CT molecular complexity index is 598. The second-order valence-corrected chi connectivity index (χ2v) is 7.51. The van der Waals surface area contributed by atoms with Crippen LogP contribution >= 0.6 is 11.3 Å². The van der Waals surface area contributed by atoms with Crippen LogP contribution in [0.3, 0.4) is 0 Å². The zero-order chi connectivity index (χ0) is 13.3. The third kappa shape index (κ3) is 2.46. The van der Waals surface area contributed by atoms with Gasteiger partial charge in [0.15, 0.2) is 9.84 Å². The van der Waals surface area contributed by atoms with Gasteiger partial charge in [-0.1, -0.05) is 19.0 Å². The Kier molecular flexibility index (Phi) is 3.54. The summed E-state index contributed by atoms with van der Waals surface area (Å²) in [5.41, 5.74) is 1.08. The molecule has 5 nitrogen and oxygen atoms in total. The average Bonchev–Trinajstić information content (AvgIpc) is 2.78. The number of hydrogen-bond donors (Lipinski definition) is 0. The van der Waals surface area contributed by atoms with E-state index in [4.69, 9.17) is 4.84 Å². The van der Waals surface area contributed by atoms with Gasteiger partial charge in [-0.15, -0.1) is 11.3 Å². The molecule has 0 spiro atoms. The molecule has 1 aromatic heterocycles. The summed E-state index contributed by atoms with van der Waals surface area (Å²) in [6.45, 7) is 3.42. The predicted molar refractivity (Wildman–Crippen MR) is 68.5 cm³/mol. The molecule has 2 heterocycles. The summed E-state index contributed by atoms with van der Waals surface area (Å²) in [6, 6.07) is 1.69. The van der Waals surface area contributed by atoms with Crippen molar-refractivity contribution in [2.45, 2.75) is 24.5 Å². The number of oxime groups is 1. The van der Waals surface area contributed by atoms with Crippen molar-refractivity contribution in [2.75, 3.05) is 5.75 Å². The van der Waals surface area contributed by atoms with Crippen molar-refractivity contribution in [3.05, 3.63) is 17.0 Å². The summed E-state index contributed by atoms with van der Waals surface area (Å²) in [4.78, 5) is 16.1. The van der Waals surface area contributed by atoms with Gasteiger partial charge in [0.05, 0.1) is 17.4 Å². The van der Waals surface area contributed by atoms with Gasteiger partial charge >= 0.3 is 5.97 Å². The lowest BCUT2D eigenvalue weighted by molar-refractivity contribution is -0.147. The van der Waals surface area contributed by atoms with E-state index in [0.717, 1.165) is 0 Å². The van der Waals surface area contributed by atoms with Crippen molar-refractivity contribution in [3.63, 3.8) is 0 Å². The largest absolute Gasteiger partial charge is 0.337 e. The lowest BCUT2D eigenvalue weighted by Gasteiger charge is -2.13. The minimum atomic E-state index is -3.19. The highest BCUT2D eigenvalue weighted by Gasteiger charge is 2.29. The van der Waals surface area contributed by atoms with E-state index in [1.54, 1.807) is 25.3 Å². The van der Waals surface area contributed by atoms with E-state index in [0.29, 0.717) is 15.5 Å². The first-order valence-corrected chi connectivity index (χ1v) is 8.03. The van der Waals surface area contributed by atoms with E-state index in [1.807, 2.05) is 0 Å². The monoisotopic (exact) mass is 287 g/mol. The Morgan fingerprint density at radius 1 is 1.50 bits per heavy atom. The third-order valence-electron chi connectivity index (χ3n) is 2.55. The standard InChI is InChI=1S/C11H13NO4S2/c1-7(2)10(13)16-12-9-4-6-18(14,15)11-8(9)3-5-17-11/h3,5,7H,4,6H2,1-2H3/b12-9-. The molecular weight excluding hydrogens is 274 g/mol. The topological polar surface area (TPSA) is 72.8 Å². The van der Waals surface area contributed by atoms with Crippen LogP contribution in [0.2, 0.25) is 0 Å². The molecule has 0 saturated carbocycles. The number of fused-ring (bicyclic) bond motifs is 1. The summed E-state index contributed by atoms with van der Waals surface area (Å²) in [7, 11) is -3.19. The highest BCUT2D eigenvalue weighted by atomic mass is 32.2. The van der Waals surface area contributed by atoms with Crippen LogP contribution in [-0.2, 0) is 19.5 Å². The molecule has 0 bridgehead atoms. The lowest BCUT2D eigenvalue weighted by atomic mass is 10.1. The highest BCUT2D eigenvalue weighted by molar-refractivity contribution is 7.93. The van der Waals surface area contributed by atoms with Crippen LogP contribution in [0, 0.1) is 5.92 Å². The van der Waals surface area contributed by atoms with Crippen molar-refractivity contribution < 1.29 is 18.0 Å². The molecule has 1 aliphatic rings. The minimum Gasteiger partial charge on any atom is -0.318 e. The molecule has 98 valence electrons. The maximum atomic E-state index is 11.8. The molecule has 1 aromatic rings. The van der Waals surface area contributed by atoms with Crippen LogP contribution < -0.4 is 0 Å². The molecule has 0 aromatic carbocycles. The van der Waals surface area contributed by atoms with Gasteiger partial charge in [-0.05, 0) is 11.4 Å². The molecule has 1 aliphatic heterocycles. The van der Waals surface area contributed by atoms with Gasteiger partial charge in [-0.25, -0.2) is 13.2 Å². The van der Waals surface area contributed by atoms with Crippen LogP contribution in [0.25, 0.3) is 0 Å². The molecule has 2 rings (SSSR count). The summed E-state index contributed by atoms with van der Waals surface area (Å²) in [5, 5.41) is 5.49. The number of rotatable bonds is 2. The number of carbonyl (C=O) groups excluding carboxylic acids is 1. The van der Waals surface area contributed by atoms with Gasteiger partial charge in [0.1, 0.15) is 4.21 Å². The van der Waals surface area contributed by atoms with Crippen LogP contribution in [0.15, 0.2) is 20.8 Å². The van der Waals surface area contributed by atoms with Gasteiger partial charge in [0, 0.05) is 12.0 Å². The normalized spacial score (nSPS) is 19.8. The van der Waals surface area contributed by atoms with Crippen molar-refractivity contribution in [3.8, 4) is 0 Å². The van der Waals surface area contributed by atoms with Gasteiger partial charge in [-0.2, -0.15) is 0 Å². The Balaban J connectivity index is 2.29. The molecule has 0 N–H and O–H groups in total. The fourth-order valence-electron chi connectivity index (χ4n) is 1.51. The Morgan fingerprint density at radius 2 is 2.22 bits per heavy atom. The van der Waals surface area contributed by atoms with E-state index in [1.165, 1.54) is 11.3 Å². The molecule has 0 aliphatic carbocycles. The molecule has 7 heteroatoms. The first-order valence-electron chi connectivity index (χ1n) is 5.50. The molecule has 18 heavy (non-hydrogen) atoms. The van der Waals surface area contributed by atoms with Crippen LogP contribution in [0.4, 0.5) is 0 Å². The summed E-state index contributed by atoms with van der Waals surface area (Å²) < 4.78 is 23.9. The fraction of sp³-hybridized carbons (Fsp3) is 0.455. The van der Waals surface area contributed by atoms with Crippen LogP contribution in [-0.4, -0.2) is 25.9 Å². The van der Waals surface area contributed by atoms with Gasteiger partial charge in [-0.3, -0.25) is 0 Å². The molecule has 0 unspecified atom stereocenters. The minimum absolute atomic E-state index is 0.0125. The first-order chi connectivity index (χ1) is 8.42. The smallest absolute Gasteiger partial charge is 0.318 e. The maximum absolute atomic E-state index is 11.8. The Labute approximate surface area is 109 Å². The zero-order valence-electron chi connectivity index (χ0n) is 10.0. The molecule has 0 radical (unpaired) electrons. The van der Waals surface area contributed by atoms with Crippen molar-refractivity contribution >= 4 is 32.9 Å². The summed E-state index contributed by atoms with van der Waals surface area (Å²) >= 11 is 1.17. The average molecular weight is 287 g/mol. The molecule has 0 saturated heterocycles. The molecular formula is C11H13NO4S2. The molecule has 0 amide bonds. The Hall–Kier alpha value is -1.21. The third-order valence-corrected chi connectivity index (χ3v) is 5.83. The van der Waals surface area contributed by atoms with Crippen molar-refractivity contribution in [2.24, 2.45) is 11.1 Å². The maximum Gasteiger partial charge on any atom is 0.337 e. The molecule has 0 fully saturated rings. The van der Waals surface area contributed by atoms with Crippen molar-refractivity contribution in [1.82, 2.24) is 0 Å². The molecule has 0 atom stereocenters. The van der Waals surface area contributed by atoms with Crippen molar-refractivity contribution in [1.29, 1.82) is 0 Å². The second-order valence-electron chi connectivity index (χ2n) is 4.29. The predicted octanol–water partition coefficient (Wildman–Crippen LogP) is 1.83. The first kappa shape index (κ1) is 13.2. The van der Waals surface area contributed by atoms with E-state index in [9.17, 15) is 13.2 Å².